The average Bonchev–Trinajstić information content (AvgIpc) is 2.35. The lowest BCUT2D eigenvalue weighted by atomic mass is 10.1. The van der Waals surface area contributed by atoms with Crippen LogP contribution < -0.4 is 0 Å². The molecule has 106 valence electrons. The molecule has 1 fully saturated rings. The molecule has 18 heavy (non-hydrogen) atoms. The highest BCUT2D eigenvalue weighted by atomic mass is 16.5. The Morgan fingerprint density at radius 1 is 1.39 bits per heavy atom. The lowest BCUT2D eigenvalue weighted by molar-refractivity contribution is -0.0126. The number of ether oxygens (including phenoxy) is 1. The largest absolute Gasteiger partial charge is 0.392 e. The quantitative estimate of drug-likeness (QED) is 0.676. The van der Waals surface area contributed by atoms with Crippen molar-refractivity contribution >= 4 is 0 Å². The fraction of sp³-hybridized carbons (Fsp3) is 0.867. The fourth-order valence-electron chi connectivity index (χ4n) is 2.29. The van der Waals surface area contributed by atoms with Gasteiger partial charge in [0.05, 0.1) is 12.2 Å². The van der Waals surface area contributed by atoms with Crippen LogP contribution in [-0.2, 0) is 4.74 Å². The molecular weight excluding hydrogens is 226 g/mol. The van der Waals surface area contributed by atoms with Crippen molar-refractivity contribution < 1.29 is 9.84 Å². The number of hydrogen-bond acceptors (Lipinski definition) is 3. The molecule has 1 saturated heterocycles. The molecular formula is C15H29NO2. The molecule has 0 spiro atoms. The Balaban J connectivity index is 2.12. The molecule has 1 unspecified atom stereocenters. The topological polar surface area (TPSA) is 32.7 Å². The first-order chi connectivity index (χ1) is 8.61. The Hall–Kier alpha value is -0.380. The first-order valence-corrected chi connectivity index (χ1v) is 7.24. The van der Waals surface area contributed by atoms with Gasteiger partial charge in [0.15, 0.2) is 0 Å². The number of likely N-dealkylation sites (tertiary alicyclic amines) is 1. The molecule has 1 atom stereocenters. The van der Waals surface area contributed by atoms with Crippen LogP contribution >= 0.6 is 0 Å². The molecule has 0 aromatic heterocycles. The summed E-state index contributed by atoms with van der Waals surface area (Å²) in [5, 5.41) is 9.85. The molecule has 1 N–H and O–H groups in total. The maximum atomic E-state index is 9.85. The summed E-state index contributed by atoms with van der Waals surface area (Å²) in [6, 6.07) is 0. The van der Waals surface area contributed by atoms with Crippen LogP contribution in [0, 0.1) is 5.92 Å². The van der Waals surface area contributed by atoms with Gasteiger partial charge in [0, 0.05) is 26.2 Å². The van der Waals surface area contributed by atoms with Gasteiger partial charge in [0.25, 0.3) is 0 Å². The second kappa shape index (κ2) is 8.68. The van der Waals surface area contributed by atoms with Crippen LogP contribution in [0.4, 0.5) is 0 Å². The van der Waals surface area contributed by atoms with E-state index in [0.29, 0.717) is 12.0 Å². The molecule has 0 bridgehead atoms. The van der Waals surface area contributed by atoms with Crippen molar-refractivity contribution in [3.63, 3.8) is 0 Å². The van der Waals surface area contributed by atoms with E-state index in [9.17, 15) is 5.11 Å². The highest BCUT2D eigenvalue weighted by molar-refractivity contribution is 4.76. The van der Waals surface area contributed by atoms with E-state index < -0.39 is 0 Å². The summed E-state index contributed by atoms with van der Waals surface area (Å²) in [5.74, 6) is 0.615. The third-order valence-corrected chi connectivity index (χ3v) is 3.37. The smallest absolute Gasteiger partial charge is 0.0670 e. The molecule has 0 saturated carbocycles. The van der Waals surface area contributed by atoms with Gasteiger partial charge in [-0.1, -0.05) is 19.9 Å². The summed E-state index contributed by atoms with van der Waals surface area (Å²) in [6.07, 6.45) is 6.00. The van der Waals surface area contributed by atoms with E-state index in [1.54, 1.807) is 0 Å². The van der Waals surface area contributed by atoms with Crippen molar-refractivity contribution in [1.29, 1.82) is 0 Å². The average molecular weight is 255 g/mol. The van der Waals surface area contributed by atoms with Crippen LogP contribution in [0.25, 0.3) is 0 Å². The first-order valence-electron chi connectivity index (χ1n) is 7.24. The number of allylic oxidation sites excluding steroid dienone is 1. The van der Waals surface area contributed by atoms with E-state index in [1.165, 1.54) is 0 Å². The Morgan fingerprint density at radius 2 is 2.06 bits per heavy atom. The minimum absolute atomic E-state index is 0.212. The highest BCUT2D eigenvalue weighted by Crippen LogP contribution is 2.15. The fourth-order valence-corrected chi connectivity index (χ4v) is 2.29. The second-order valence-corrected chi connectivity index (χ2v) is 5.75. The Kier molecular flexibility index (Phi) is 7.56. The maximum absolute atomic E-state index is 9.85. The van der Waals surface area contributed by atoms with Crippen molar-refractivity contribution in [2.75, 3.05) is 26.2 Å². The molecule has 0 aromatic rings. The van der Waals surface area contributed by atoms with Crippen LogP contribution in [0.3, 0.4) is 0 Å². The van der Waals surface area contributed by atoms with Crippen molar-refractivity contribution in [3.8, 4) is 0 Å². The van der Waals surface area contributed by atoms with Crippen LogP contribution in [0.15, 0.2) is 12.7 Å². The third kappa shape index (κ3) is 6.53. The number of nitrogens with zero attached hydrogens (tertiary/aromatic N) is 1. The molecule has 3 nitrogen and oxygen atoms in total. The van der Waals surface area contributed by atoms with E-state index in [2.05, 4.69) is 25.3 Å². The van der Waals surface area contributed by atoms with E-state index in [0.717, 1.165) is 51.9 Å². The summed E-state index contributed by atoms with van der Waals surface area (Å²) >= 11 is 0. The number of piperidine rings is 1. The summed E-state index contributed by atoms with van der Waals surface area (Å²) in [4.78, 5) is 2.35. The third-order valence-electron chi connectivity index (χ3n) is 3.37. The maximum Gasteiger partial charge on any atom is 0.0670 e. The standard InChI is InChI=1S/C15H29NO2/c1-4-5-6-14(17)11-16-9-7-15(8-10-16)18-12-13(2)3/h4,13-15,17H,1,5-12H2,2-3H3. The van der Waals surface area contributed by atoms with Gasteiger partial charge < -0.3 is 14.7 Å². The Labute approximate surface area is 112 Å². The zero-order valence-electron chi connectivity index (χ0n) is 12.0. The van der Waals surface area contributed by atoms with Gasteiger partial charge in [-0.2, -0.15) is 0 Å². The second-order valence-electron chi connectivity index (χ2n) is 5.75. The minimum Gasteiger partial charge on any atom is -0.392 e. The van der Waals surface area contributed by atoms with Gasteiger partial charge in [-0.05, 0) is 31.6 Å². The number of hydrogen-bond donors (Lipinski definition) is 1. The van der Waals surface area contributed by atoms with Crippen LogP contribution in [0.2, 0.25) is 0 Å². The summed E-state index contributed by atoms with van der Waals surface area (Å²) in [5.41, 5.74) is 0. The van der Waals surface area contributed by atoms with Crippen LogP contribution in [-0.4, -0.2) is 48.5 Å². The van der Waals surface area contributed by atoms with Crippen LogP contribution in [0.5, 0.6) is 0 Å². The normalized spacial score (nSPS) is 20.2. The molecule has 1 aliphatic heterocycles. The number of rotatable bonds is 8. The van der Waals surface area contributed by atoms with Gasteiger partial charge >= 0.3 is 0 Å². The van der Waals surface area contributed by atoms with Crippen LogP contribution in [0.1, 0.15) is 39.5 Å². The zero-order valence-corrected chi connectivity index (χ0v) is 12.0. The van der Waals surface area contributed by atoms with Gasteiger partial charge in [-0.15, -0.1) is 6.58 Å². The van der Waals surface area contributed by atoms with Crippen molar-refractivity contribution in [2.45, 2.75) is 51.7 Å². The molecule has 1 aliphatic rings. The monoisotopic (exact) mass is 255 g/mol. The van der Waals surface area contributed by atoms with Gasteiger partial charge in [0.2, 0.25) is 0 Å². The lowest BCUT2D eigenvalue weighted by Gasteiger charge is -2.33. The summed E-state index contributed by atoms with van der Waals surface area (Å²) in [6.45, 7) is 11.8. The Bertz CT molecular complexity index is 223. The SMILES string of the molecule is C=CCCC(O)CN1CCC(OCC(C)C)CC1. The lowest BCUT2D eigenvalue weighted by Crippen LogP contribution is -2.41. The first kappa shape index (κ1) is 15.7. The number of β-amino-alcohol motifs (C(OH)–C–C–N with tert-alkyl or cyclic N) is 1. The van der Waals surface area contributed by atoms with E-state index in [1.807, 2.05) is 6.08 Å². The number of aliphatic hydroxyl groups is 1. The van der Waals surface area contributed by atoms with E-state index in [4.69, 9.17) is 4.74 Å². The van der Waals surface area contributed by atoms with Crippen molar-refractivity contribution in [2.24, 2.45) is 5.92 Å². The Morgan fingerprint density at radius 3 is 2.61 bits per heavy atom. The molecule has 0 aliphatic carbocycles. The number of aliphatic hydroxyl groups excluding tert-OH is 1. The molecule has 3 heteroatoms. The molecule has 1 heterocycles. The zero-order chi connectivity index (χ0) is 13.4. The summed E-state index contributed by atoms with van der Waals surface area (Å²) in [7, 11) is 0. The molecule has 0 amide bonds. The minimum atomic E-state index is -0.212. The highest BCUT2D eigenvalue weighted by Gasteiger charge is 2.21. The molecule has 0 aromatic carbocycles. The van der Waals surface area contributed by atoms with E-state index in [-0.39, 0.29) is 6.10 Å². The summed E-state index contributed by atoms with van der Waals surface area (Å²) < 4.78 is 5.86. The van der Waals surface area contributed by atoms with Crippen molar-refractivity contribution in [3.05, 3.63) is 12.7 Å². The molecule has 0 radical (unpaired) electrons. The van der Waals surface area contributed by atoms with Gasteiger partial charge in [0.1, 0.15) is 0 Å². The van der Waals surface area contributed by atoms with Gasteiger partial charge in [-0.3, -0.25) is 0 Å². The van der Waals surface area contributed by atoms with E-state index >= 15 is 0 Å². The predicted molar refractivity (Wildman–Crippen MR) is 75.7 cm³/mol. The molecule has 1 rings (SSSR count). The van der Waals surface area contributed by atoms with Gasteiger partial charge in [-0.25, -0.2) is 0 Å². The van der Waals surface area contributed by atoms with Crippen molar-refractivity contribution in [1.82, 2.24) is 4.90 Å². The predicted octanol–water partition coefficient (Wildman–Crippen LogP) is 2.45.